The van der Waals surface area contributed by atoms with Gasteiger partial charge in [-0.25, -0.2) is 4.79 Å². The van der Waals surface area contributed by atoms with Crippen LogP contribution in [0.1, 0.15) is 40.5 Å². The first-order chi connectivity index (χ1) is 12.4. The van der Waals surface area contributed by atoms with Gasteiger partial charge in [-0.1, -0.05) is 35.3 Å². The highest BCUT2D eigenvalue weighted by molar-refractivity contribution is 6.34. The summed E-state index contributed by atoms with van der Waals surface area (Å²) in [6, 6.07) is 11.5. The van der Waals surface area contributed by atoms with Crippen molar-refractivity contribution in [1.29, 1.82) is 0 Å². The second-order valence-electron chi connectivity index (χ2n) is 6.10. The molecule has 0 aromatic heterocycles. The van der Waals surface area contributed by atoms with Gasteiger partial charge in [-0.3, -0.25) is 10.1 Å². The number of halogens is 2. The number of benzene rings is 2. The summed E-state index contributed by atoms with van der Waals surface area (Å²) in [5, 5.41) is 4.19. The van der Waals surface area contributed by atoms with Crippen molar-refractivity contribution in [2.45, 2.75) is 19.0 Å². The van der Waals surface area contributed by atoms with Crippen molar-refractivity contribution in [2.75, 3.05) is 13.8 Å². The second kappa shape index (κ2) is 7.66. The minimum absolute atomic E-state index is 0.0483. The molecule has 1 amide bonds. The lowest BCUT2D eigenvalue weighted by Crippen LogP contribution is -2.30. The third-order valence-electron chi connectivity index (χ3n) is 4.50. The van der Waals surface area contributed by atoms with E-state index in [1.165, 1.54) is 7.11 Å². The van der Waals surface area contributed by atoms with Crippen LogP contribution in [0.2, 0.25) is 10.0 Å². The number of hydrogen-bond acceptors (Lipinski definition) is 4. The van der Waals surface area contributed by atoms with Crippen LogP contribution < -0.4 is 5.32 Å². The van der Waals surface area contributed by atoms with E-state index in [0.717, 1.165) is 11.1 Å². The molecule has 2 unspecified atom stereocenters. The number of carbonyl (C=O) groups is 2. The predicted molar refractivity (Wildman–Crippen MR) is 100 cm³/mol. The van der Waals surface area contributed by atoms with Crippen molar-refractivity contribution < 1.29 is 14.3 Å². The van der Waals surface area contributed by atoms with Gasteiger partial charge in [0.05, 0.1) is 25.4 Å². The van der Waals surface area contributed by atoms with Gasteiger partial charge in [0.25, 0.3) is 0 Å². The molecule has 1 aliphatic rings. The van der Waals surface area contributed by atoms with Crippen LogP contribution in [-0.2, 0) is 9.53 Å². The van der Waals surface area contributed by atoms with Gasteiger partial charge in [0.1, 0.15) is 6.04 Å². The molecule has 1 saturated heterocycles. The summed E-state index contributed by atoms with van der Waals surface area (Å²) < 4.78 is 4.70. The Bertz CT molecular complexity index is 819. The number of esters is 1. The van der Waals surface area contributed by atoms with Crippen molar-refractivity contribution in [2.24, 2.45) is 0 Å². The summed E-state index contributed by atoms with van der Waals surface area (Å²) in [6.07, 6.45) is 0. The highest BCUT2D eigenvalue weighted by Gasteiger charge is 2.35. The standard InChI is InChI=1S/C19H18Cl2N2O3/c1-11(12-3-5-13(6-4-12)19(25)26-2)23-10-22-17(18(23)24)14-7-15(20)9-16(21)8-14/h3-9,11,17,22H,10H2,1-2H3. The molecule has 5 nitrogen and oxygen atoms in total. The molecule has 2 aromatic rings. The number of hydrogen-bond donors (Lipinski definition) is 1. The van der Waals surface area contributed by atoms with Gasteiger partial charge in [-0.05, 0) is 48.4 Å². The van der Waals surface area contributed by atoms with E-state index in [1.54, 1.807) is 35.2 Å². The first kappa shape index (κ1) is 18.7. The average molecular weight is 393 g/mol. The van der Waals surface area contributed by atoms with Gasteiger partial charge < -0.3 is 9.64 Å². The van der Waals surface area contributed by atoms with Gasteiger partial charge in [0.2, 0.25) is 5.91 Å². The average Bonchev–Trinajstić information content (AvgIpc) is 3.01. The number of amides is 1. The molecule has 1 N–H and O–H groups in total. The van der Waals surface area contributed by atoms with Gasteiger partial charge in [-0.15, -0.1) is 0 Å². The van der Waals surface area contributed by atoms with Crippen LogP contribution >= 0.6 is 23.2 Å². The number of carbonyl (C=O) groups excluding carboxylic acids is 2. The summed E-state index contributed by atoms with van der Waals surface area (Å²) in [5.41, 5.74) is 2.14. The maximum absolute atomic E-state index is 12.9. The zero-order valence-electron chi connectivity index (χ0n) is 14.3. The fourth-order valence-electron chi connectivity index (χ4n) is 3.05. The SMILES string of the molecule is COC(=O)c1ccc(C(C)N2CNC(c3cc(Cl)cc(Cl)c3)C2=O)cc1. The number of nitrogens with one attached hydrogen (secondary N) is 1. The van der Waals surface area contributed by atoms with Gasteiger partial charge in [-0.2, -0.15) is 0 Å². The molecule has 0 radical (unpaired) electrons. The van der Waals surface area contributed by atoms with Crippen molar-refractivity contribution in [3.05, 3.63) is 69.2 Å². The number of ether oxygens (including phenoxy) is 1. The van der Waals surface area contributed by atoms with E-state index in [0.29, 0.717) is 22.3 Å². The molecule has 0 spiro atoms. The second-order valence-corrected chi connectivity index (χ2v) is 6.97. The van der Waals surface area contributed by atoms with E-state index in [-0.39, 0.29) is 17.9 Å². The topological polar surface area (TPSA) is 58.6 Å². The molecule has 2 atom stereocenters. The Kier molecular flexibility index (Phi) is 5.51. The largest absolute Gasteiger partial charge is 0.465 e. The monoisotopic (exact) mass is 392 g/mol. The number of methoxy groups -OCH3 is 1. The van der Waals surface area contributed by atoms with Crippen LogP contribution in [-0.4, -0.2) is 30.6 Å². The Hall–Kier alpha value is -2.08. The summed E-state index contributed by atoms with van der Waals surface area (Å²) in [4.78, 5) is 26.2. The van der Waals surface area contributed by atoms with Crippen LogP contribution in [0.4, 0.5) is 0 Å². The van der Waals surface area contributed by atoms with Crippen LogP contribution in [0.15, 0.2) is 42.5 Å². The molecule has 1 fully saturated rings. The van der Waals surface area contributed by atoms with Crippen molar-refractivity contribution in [3.8, 4) is 0 Å². The normalized spacial score (nSPS) is 18.1. The zero-order valence-corrected chi connectivity index (χ0v) is 15.8. The van der Waals surface area contributed by atoms with E-state index in [9.17, 15) is 9.59 Å². The minimum atomic E-state index is -0.483. The molecule has 0 aliphatic carbocycles. The molecule has 26 heavy (non-hydrogen) atoms. The molecule has 2 aromatic carbocycles. The molecule has 0 saturated carbocycles. The molecule has 1 heterocycles. The van der Waals surface area contributed by atoms with Gasteiger partial charge >= 0.3 is 5.97 Å². The van der Waals surface area contributed by atoms with E-state index in [2.05, 4.69) is 5.32 Å². The van der Waals surface area contributed by atoms with Crippen LogP contribution in [0.5, 0.6) is 0 Å². The zero-order chi connectivity index (χ0) is 18.8. The van der Waals surface area contributed by atoms with Gasteiger partial charge in [0, 0.05) is 10.0 Å². The molecule has 3 rings (SSSR count). The fraction of sp³-hybridized carbons (Fsp3) is 0.263. The highest BCUT2D eigenvalue weighted by atomic mass is 35.5. The fourth-order valence-corrected chi connectivity index (χ4v) is 3.59. The number of nitrogens with zero attached hydrogens (tertiary/aromatic N) is 1. The van der Waals surface area contributed by atoms with Crippen LogP contribution in [0, 0.1) is 0 Å². The Morgan fingerprint density at radius 3 is 2.38 bits per heavy atom. The van der Waals surface area contributed by atoms with E-state index >= 15 is 0 Å². The smallest absolute Gasteiger partial charge is 0.337 e. The Labute approximate surface area is 161 Å². The van der Waals surface area contributed by atoms with Crippen molar-refractivity contribution >= 4 is 35.1 Å². The molecule has 0 bridgehead atoms. The minimum Gasteiger partial charge on any atom is -0.465 e. The Morgan fingerprint density at radius 2 is 1.81 bits per heavy atom. The lowest BCUT2D eigenvalue weighted by Gasteiger charge is -2.24. The summed E-state index contributed by atoms with van der Waals surface area (Å²) >= 11 is 12.1. The lowest BCUT2D eigenvalue weighted by atomic mass is 10.0. The van der Waals surface area contributed by atoms with Gasteiger partial charge in [0.15, 0.2) is 0 Å². The van der Waals surface area contributed by atoms with Crippen molar-refractivity contribution in [1.82, 2.24) is 10.2 Å². The Balaban J connectivity index is 1.78. The van der Waals surface area contributed by atoms with E-state index in [1.807, 2.05) is 19.1 Å². The number of rotatable bonds is 4. The molecule has 1 aliphatic heterocycles. The summed E-state index contributed by atoms with van der Waals surface area (Å²) in [7, 11) is 1.34. The van der Waals surface area contributed by atoms with E-state index in [4.69, 9.17) is 27.9 Å². The molecule has 136 valence electrons. The van der Waals surface area contributed by atoms with Crippen molar-refractivity contribution in [3.63, 3.8) is 0 Å². The molecular formula is C19H18Cl2N2O3. The molecular weight excluding hydrogens is 375 g/mol. The lowest BCUT2D eigenvalue weighted by molar-refractivity contribution is -0.130. The van der Waals surface area contributed by atoms with E-state index < -0.39 is 6.04 Å². The Morgan fingerprint density at radius 1 is 1.19 bits per heavy atom. The quantitative estimate of drug-likeness (QED) is 0.799. The summed E-state index contributed by atoms with van der Waals surface area (Å²) in [5.74, 6) is -0.436. The summed E-state index contributed by atoms with van der Waals surface area (Å²) in [6.45, 7) is 2.35. The highest BCUT2D eigenvalue weighted by Crippen LogP contribution is 2.31. The maximum Gasteiger partial charge on any atom is 0.337 e. The predicted octanol–water partition coefficient (Wildman–Crippen LogP) is 3.97. The van der Waals surface area contributed by atoms with Crippen LogP contribution in [0.3, 0.4) is 0 Å². The third-order valence-corrected chi connectivity index (χ3v) is 4.93. The first-order valence-corrected chi connectivity index (χ1v) is 8.84. The first-order valence-electron chi connectivity index (χ1n) is 8.09. The van der Waals surface area contributed by atoms with Crippen LogP contribution in [0.25, 0.3) is 0 Å². The third kappa shape index (κ3) is 3.70. The maximum atomic E-state index is 12.9. The molecule has 7 heteroatoms.